The molecule has 1 aliphatic rings. The van der Waals surface area contributed by atoms with Crippen molar-refractivity contribution in [2.24, 2.45) is 5.10 Å². The van der Waals surface area contributed by atoms with Crippen LogP contribution < -0.4 is 26.4 Å². The van der Waals surface area contributed by atoms with Gasteiger partial charge in [0.25, 0.3) is 5.69 Å². The van der Waals surface area contributed by atoms with Crippen LogP contribution in [0.1, 0.15) is 17.2 Å². The number of hydrazone groups is 1. The molecule has 0 saturated carbocycles. The van der Waals surface area contributed by atoms with E-state index in [1.165, 1.54) is 42.5 Å². The first-order valence-corrected chi connectivity index (χ1v) is 10.9. The monoisotopic (exact) mass is 506 g/mol. The number of aliphatic hydroxyl groups excluding tert-OH is 2. The number of nitro groups is 1. The molecule has 0 aliphatic carbocycles. The number of non-ortho nitro benzene ring substituents is 1. The summed E-state index contributed by atoms with van der Waals surface area (Å²) in [4.78, 5) is 10.5. The quantitative estimate of drug-likeness (QED) is 0.113. The Balaban J connectivity index is 1.69. The summed E-state index contributed by atoms with van der Waals surface area (Å²) in [5.41, 5.74) is 3.77. The zero-order valence-corrected chi connectivity index (χ0v) is 19.1. The van der Waals surface area contributed by atoms with Crippen LogP contribution in [-0.2, 0) is 6.42 Å². The lowest BCUT2D eigenvalue weighted by molar-refractivity contribution is -0.384. The predicted molar refractivity (Wildman–Crippen MR) is 133 cm³/mol. The number of anilines is 3. The minimum absolute atomic E-state index is 0.00167. The molecule has 13 nitrogen and oxygen atoms in total. The van der Waals surface area contributed by atoms with E-state index in [0.29, 0.717) is 5.69 Å². The molecule has 1 aliphatic heterocycles. The van der Waals surface area contributed by atoms with Crippen LogP contribution in [0.3, 0.4) is 0 Å². The first kappa shape index (κ1) is 25.4. The molecule has 192 valence electrons. The fourth-order valence-corrected chi connectivity index (χ4v) is 3.67. The smallest absolute Gasteiger partial charge is 0.271 e. The van der Waals surface area contributed by atoms with E-state index in [2.05, 4.69) is 21.2 Å². The van der Waals surface area contributed by atoms with Gasteiger partial charge < -0.3 is 36.4 Å². The zero-order valence-electron chi connectivity index (χ0n) is 19.1. The summed E-state index contributed by atoms with van der Waals surface area (Å²) in [7, 11) is 0. The van der Waals surface area contributed by atoms with Gasteiger partial charge >= 0.3 is 0 Å². The van der Waals surface area contributed by atoms with E-state index in [1.54, 1.807) is 24.3 Å². The number of hydrogen-bond acceptors (Lipinski definition) is 12. The van der Waals surface area contributed by atoms with Crippen LogP contribution in [-0.4, -0.2) is 32.5 Å². The highest BCUT2D eigenvalue weighted by molar-refractivity contribution is 5.77. The number of hydrogen-bond donors (Lipinski definition) is 6. The van der Waals surface area contributed by atoms with Gasteiger partial charge in [-0.05, 0) is 35.2 Å². The molecule has 0 aromatic heterocycles. The highest BCUT2D eigenvalue weighted by Gasteiger charge is 2.28. The highest BCUT2D eigenvalue weighted by Crippen LogP contribution is 2.35. The average Bonchev–Trinajstić information content (AvgIpc) is 2.89. The largest absolute Gasteiger partial charge is 0.860 e. The third-order valence-electron chi connectivity index (χ3n) is 5.54. The molecule has 0 bridgehead atoms. The molecule has 6 N–H and O–H groups in total. The first-order valence-electron chi connectivity index (χ1n) is 10.9. The summed E-state index contributed by atoms with van der Waals surface area (Å²) in [5.74, 6) is -0.552. The van der Waals surface area contributed by atoms with Crippen LogP contribution in [0.4, 0.5) is 22.7 Å². The summed E-state index contributed by atoms with van der Waals surface area (Å²) < 4.78 is 0. The lowest BCUT2D eigenvalue weighted by Gasteiger charge is -2.31. The van der Waals surface area contributed by atoms with Gasteiger partial charge in [-0.1, -0.05) is 42.5 Å². The minimum Gasteiger partial charge on any atom is -0.860 e. The van der Waals surface area contributed by atoms with Crippen LogP contribution in [0.5, 0.6) is 0 Å². The van der Waals surface area contributed by atoms with Crippen molar-refractivity contribution in [1.82, 2.24) is 5.43 Å². The van der Waals surface area contributed by atoms with Crippen LogP contribution in [0, 0.1) is 15.3 Å². The topological polar surface area (TPSA) is 202 Å². The van der Waals surface area contributed by atoms with Gasteiger partial charge in [0.15, 0.2) is 6.23 Å². The second kappa shape index (κ2) is 10.9. The van der Waals surface area contributed by atoms with Gasteiger partial charge in [-0.25, -0.2) is 0 Å². The van der Waals surface area contributed by atoms with Gasteiger partial charge in [0, 0.05) is 18.6 Å². The molecule has 0 amide bonds. The van der Waals surface area contributed by atoms with Crippen molar-refractivity contribution in [3.63, 3.8) is 0 Å². The molecule has 3 aromatic rings. The van der Waals surface area contributed by atoms with Crippen LogP contribution in [0.15, 0.2) is 89.3 Å². The van der Waals surface area contributed by atoms with Gasteiger partial charge in [-0.3, -0.25) is 20.7 Å². The number of aliphatic hydroxyl groups is 2. The molecule has 2 unspecified atom stereocenters. The Bertz CT molecular complexity index is 1330. The molecule has 37 heavy (non-hydrogen) atoms. The van der Waals surface area contributed by atoms with E-state index < -0.39 is 23.2 Å². The average molecular weight is 506 g/mol. The van der Waals surface area contributed by atoms with Crippen molar-refractivity contribution in [3.05, 3.63) is 111 Å². The lowest BCUT2D eigenvalue weighted by Crippen LogP contribution is -2.36. The minimum atomic E-state index is -1.47. The molecule has 0 spiro atoms. The number of nitrogens with one attached hydrogen (secondary N) is 3. The van der Waals surface area contributed by atoms with Crippen molar-refractivity contribution in [3.8, 4) is 0 Å². The molecule has 0 fully saturated rings. The maximum absolute atomic E-state index is 12.5. The Kier molecular flexibility index (Phi) is 7.50. The molecule has 2 atom stereocenters. The van der Waals surface area contributed by atoms with E-state index in [0.717, 1.165) is 5.56 Å². The fraction of sp³-hybridized carbons (Fsp3) is 0.125. The number of nitro benzene ring substituents is 1. The molecule has 4 rings (SSSR count). The van der Waals surface area contributed by atoms with E-state index in [4.69, 9.17) is 5.21 Å². The second-order valence-electron chi connectivity index (χ2n) is 8.03. The number of rotatable bonds is 8. The summed E-state index contributed by atoms with van der Waals surface area (Å²) >= 11 is 0. The van der Waals surface area contributed by atoms with Gasteiger partial charge in [0.05, 0.1) is 33.4 Å². The molecular weight excluding hydrogens is 484 g/mol. The van der Waals surface area contributed by atoms with E-state index in [1.807, 2.05) is 6.07 Å². The van der Waals surface area contributed by atoms with Gasteiger partial charge in [0.1, 0.15) is 6.10 Å². The van der Waals surface area contributed by atoms with E-state index in [-0.39, 0.29) is 45.7 Å². The molecular formula is C24H22N6O7-2. The van der Waals surface area contributed by atoms with E-state index in [9.17, 15) is 30.6 Å². The Morgan fingerprint density at radius 3 is 2.46 bits per heavy atom. The number of nitrogens with zero attached hydrogens (tertiary/aromatic N) is 3. The van der Waals surface area contributed by atoms with Gasteiger partial charge in [-0.2, -0.15) is 5.10 Å². The Hall–Kier alpha value is -4.69. The zero-order chi connectivity index (χ0) is 26.5. The van der Waals surface area contributed by atoms with Crippen molar-refractivity contribution >= 4 is 28.6 Å². The summed E-state index contributed by atoms with van der Waals surface area (Å²) in [6, 6.07) is 18.1. The normalized spacial score (nSPS) is 17.1. The summed E-state index contributed by atoms with van der Waals surface area (Å²) in [6.45, 7) is 0. The van der Waals surface area contributed by atoms with Crippen molar-refractivity contribution in [1.29, 1.82) is 0 Å². The van der Waals surface area contributed by atoms with Crippen molar-refractivity contribution in [2.45, 2.75) is 18.8 Å². The maximum atomic E-state index is 12.5. The molecule has 3 aromatic carbocycles. The lowest BCUT2D eigenvalue weighted by atomic mass is 10.0. The van der Waals surface area contributed by atoms with E-state index >= 15 is 0 Å². The second-order valence-corrected chi connectivity index (χ2v) is 8.03. The van der Waals surface area contributed by atoms with Gasteiger partial charge in [0.2, 0.25) is 0 Å². The first-order chi connectivity index (χ1) is 17.7. The number of fused-ring (bicyclic) bond motifs is 1. The molecule has 1 heterocycles. The van der Waals surface area contributed by atoms with Crippen molar-refractivity contribution < 1.29 is 25.5 Å². The molecule has 0 saturated heterocycles. The van der Waals surface area contributed by atoms with Crippen LogP contribution in [0.2, 0.25) is 0 Å². The highest BCUT2D eigenvalue weighted by atomic mass is 16.8. The van der Waals surface area contributed by atoms with Gasteiger partial charge in [-0.15, -0.1) is 0 Å². The maximum Gasteiger partial charge on any atom is 0.271 e. The Morgan fingerprint density at radius 2 is 1.81 bits per heavy atom. The fourth-order valence-electron chi connectivity index (χ4n) is 3.67. The van der Waals surface area contributed by atoms with Crippen LogP contribution >= 0.6 is 0 Å². The summed E-state index contributed by atoms with van der Waals surface area (Å²) in [5, 5.41) is 74.8. The SMILES string of the molecule is O=[N+]([O-])c1ccc2c(c1)NC(O)C(=C(NN=C([O-])Cc1ccccc1)C(O)c1ccc(N([O-])O)cc1)N2. The third-order valence-corrected chi connectivity index (χ3v) is 5.54. The Labute approximate surface area is 210 Å². The summed E-state index contributed by atoms with van der Waals surface area (Å²) in [6.07, 6.45) is -2.96. The number of benzene rings is 3. The standard InChI is InChI=1S/C24H23N6O7/c31-20(12-14-4-2-1-3-5-14)27-28-21(23(32)15-6-8-16(9-7-15)29(34)35)22-24(33)26-19-13-17(30(36)37)10-11-18(19)25-22/h1-11,13,23-26,28,32-34H,12H2,(H,27,31)/q-1/p-1. The molecule has 0 radical (unpaired) electrons. The third kappa shape index (κ3) is 5.94. The van der Waals surface area contributed by atoms with Crippen molar-refractivity contribution in [2.75, 3.05) is 15.9 Å². The molecule has 13 heteroatoms. The Morgan fingerprint density at radius 1 is 1.11 bits per heavy atom. The predicted octanol–water partition coefficient (Wildman–Crippen LogP) is 1.90. The van der Waals surface area contributed by atoms with Crippen LogP contribution in [0.25, 0.3) is 0 Å².